The Morgan fingerprint density at radius 3 is 2.45 bits per heavy atom. The van der Waals surface area contributed by atoms with Crippen molar-refractivity contribution in [2.24, 2.45) is 5.41 Å². The summed E-state index contributed by atoms with van der Waals surface area (Å²) in [5, 5.41) is 9.73. The lowest BCUT2D eigenvalue weighted by Gasteiger charge is -2.38. The van der Waals surface area contributed by atoms with E-state index in [1.807, 2.05) is 42.3 Å². The van der Waals surface area contributed by atoms with Gasteiger partial charge in [-0.25, -0.2) is 0 Å². The zero-order chi connectivity index (χ0) is 16.0. The number of carbonyl (C=O) groups excluding carboxylic acids is 1. The first-order valence-corrected chi connectivity index (χ1v) is 7.75. The van der Waals surface area contributed by atoms with E-state index in [1.165, 1.54) is 0 Å². The average molecular weight is 306 g/mol. The van der Waals surface area contributed by atoms with Gasteiger partial charge < -0.3 is 14.7 Å². The summed E-state index contributed by atoms with van der Waals surface area (Å²) < 4.78 is 5.38. The number of aliphatic hydroxyl groups excluding tert-OH is 1. The molecule has 0 aliphatic carbocycles. The predicted octanol–water partition coefficient (Wildman–Crippen LogP) is 1.37. The molecule has 1 aromatic carbocycles. The molecule has 1 aromatic rings. The molecule has 1 amide bonds. The molecule has 0 atom stereocenters. The monoisotopic (exact) mass is 306 g/mol. The number of aliphatic hydroxyl groups is 1. The van der Waals surface area contributed by atoms with Crippen LogP contribution in [0.5, 0.6) is 0 Å². The zero-order valence-electron chi connectivity index (χ0n) is 13.5. The molecule has 2 rings (SSSR count). The normalized spacial score (nSPS) is 17.5. The third-order valence-electron chi connectivity index (χ3n) is 4.42. The quantitative estimate of drug-likeness (QED) is 0.862. The van der Waals surface area contributed by atoms with Gasteiger partial charge in [0.15, 0.2) is 0 Å². The number of anilines is 1. The van der Waals surface area contributed by atoms with Crippen LogP contribution >= 0.6 is 0 Å². The SMILES string of the molecule is CN(CC(=O)N(C)c1ccccc1)CC1(CO)CCOCC1. The largest absolute Gasteiger partial charge is 0.396 e. The van der Waals surface area contributed by atoms with E-state index < -0.39 is 0 Å². The molecule has 1 saturated heterocycles. The van der Waals surface area contributed by atoms with Crippen LogP contribution in [0.25, 0.3) is 0 Å². The van der Waals surface area contributed by atoms with Crippen LogP contribution in [0.3, 0.4) is 0 Å². The van der Waals surface area contributed by atoms with Gasteiger partial charge in [-0.05, 0) is 32.0 Å². The summed E-state index contributed by atoms with van der Waals surface area (Å²) >= 11 is 0. The van der Waals surface area contributed by atoms with Crippen molar-refractivity contribution in [1.29, 1.82) is 0 Å². The zero-order valence-corrected chi connectivity index (χ0v) is 13.5. The summed E-state index contributed by atoms with van der Waals surface area (Å²) in [6.45, 7) is 2.57. The summed E-state index contributed by atoms with van der Waals surface area (Å²) in [4.78, 5) is 16.1. The molecule has 5 nitrogen and oxygen atoms in total. The molecule has 0 saturated carbocycles. The maximum absolute atomic E-state index is 12.4. The minimum atomic E-state index is -0.140. The molecule has 1 aliphatic heterocycles. The molecule has 1 aliphatic rings. The number of carbonyl (C=O) groups is 1. The Kier molecular flexibility index (Phi) is 5.94. The number of rotatable bonds is 6. The van der Waals surface area contributed by atoms with Crippen molar-refractivity contribution in [3.63, 3.8) is 0 Å². The number of likely N-dealkylation sites (N-methyl/N-ethyl adjacent to an activating group) is 2. The second kappa shape index (κ2) is 7.72. The van der Waals surface area contributed by atoms with Crippen LogP contribution in [0, 0.1) is 5.41 Å². The van der Waals surface area contributed by atoms with Gasteiger partial charge in [0.25, 0.3) is 0 Å². The van der Waals surface area contributed by atoms with E-state index in [0.29, 0.717) is 26.3 Å². The Bertz CT molecular complexity index is 472. The molecule has 1 fully saturated rings. The number of para-hydroxylation sites is 1. The molecule has 0 spiro atoms. The van der Waals surface area contributed by atoms with Crippen LogP contribution in [0.4, 0.5) is 5.69 Å². The number of ether oxygens (including phenoxy) is 1. The van der Waals surface area contributed by atoms with Crippen molar-refractivity contribution < 1.29 is 14.6 Å². The van der Waals surface area contributed by atoms with E-state index in [4.69, 9.17) is 4.74 Å². The van der Waals surface area contributed by atoms with Crippen molar-refractivity contribution in [1.82, 2.24) is 4.90 Å². The molecule has 1 N–H and O–H groups in total. The highest BCUT2D eigenvalue weighted by molar-refractivity contribution is 5.94. The van der Waals surface area contributed by atoms with Gasteiger partial charge in [0, 0.05) is 37.9 Å². The number of amides is 1. The molecule has 0 radical (unpaired) electrons. The molecule has 1 heterocycles. The summed E-state index contributed by atoms with van der Waals surface area (Å²) in [5.41, 5.74) is 0.752. The van der Waals surface area contributed by atoms with E-state index >= 15 is 0 Å². The first kappa shape index (κ1) is 16.9. The average Bonchev–Trinajstić information content (AvgIpc) is 2.55. The Hall–Kier alpha value is -1.43. The highest BCUT2D eigenvalue weighted by Crippen LogP contribution is 2.30. The van der Waals surface area contributed by atoms with Gasteiger partial charge in [0.1, 0.15) is 0 Å². The van der Waals surface area contributed by atoms with Gasteiger partial charge in [0.05, 0.1) is 13.2 Å². The topological polar surface area (TPSA) is 53.0 Å². The minimum Gasteiger partial charge on any atom is -0.396 e. The highest BCUT2D eigenvalue weighted by atomic mass is 16.5. The fraction of sp³-hybridized carbons (Fsp3) is 0.588. The minimum absolute atomic E-state index is 0.0499. The maximum Gasteiger partial charge on any atom is 0.240 e. The Morgan fingerprint density at radius 1 is 1.23 bits per heavy atom. The van der Waals surface area contributed by atoms with Crippen LogP contribution in [0.15, 0.2) is 30.3 Å². The fourth-order valence-corrected chi connectivity index (χ4v) is 2.93. The van der Waals surface area contributed by atoms with Gasteiger partial charge in [-0.15, -0.1) is 0 Å². The van der Waals surface area contributed by atoms with Crippen molar-refractivity contribution in [3.05, 3.63) is 30.3 Å². The fourth-order valence-electron chi connectivity index (χ4n) is 2.93. The van der Waals surface area contributed by atoms with E-state index in [9.17, 15) is 9.90 Å². The first-order valence-electron chi connectivity index (χ1n) is 7.75. The van der Waals surface area contributed by atoms with Crippen LogP contribution in [-0.2, 0) is 9.53 Å². The summed E-state index contributed by atoms with van der Waals surface area (Å²) in [5.74, 6) is 0.0499. The van der Waals surface area contributed by atoms with E-state index in [2.05, 4.69) is 0 Å². The molecule has 0 aromatic heterocycles. The molecular formula is C17H26N2O3. The lowest BCUT2D eigenvalue weighted by Crippen LogP contribution is -2.45. The van der Waals surface area contributed by atoms with E-state index in [0.717, 1.165) is 18.5 Å². The highest BCUT2D eigenvalue weighted by Gasteiger charge is 2.33. The van der Waals surface area contributed by atoms with Crippen LogP contribution in [-0.4, -0.2) is 62.9 Å². The Balaban J connectivity index is 1.90. The van der Waals surface area contributed by atoms with E-state index in [-0.39, 0.29) is 17.9 Å². The standard InChI is InChI=1S/C17H26N2O3/c1-18(13-17(14-20)8-10-22-11-9-17)12-16(21)19(2)15-6-4-3-5-7-15/h3-7,20H,8-14H2,1-2H3. The summed E-state index contributed by atoms with van der Waals surface area (Å²) in [6, 6.07) is 9.62. The van der Waals surface area contributed by atoms with Crippen molar-refractivity contribution >= 4 is 11.6 Å². The van der Waals surface area contributed by atoms with Crippen molar-refractivity contribution in [2.75, 3.05) is 51.9 Å². The molecule has 0 bridgehead atoms. The predicted molar refractivity (Wildman–Crippen MR) is 86.9 cm³/mol. The third-order valence-corrected chi connectivity index (χ3v) is 4.42. The van der Waals surface area contributed by atoms with E-state index in [1.54, 1.807) is 11.9 Å². The molecule has 122 valence electrons. The van der Waals surface area contributed by atoms with Gasteiger partial charge in [0.2, 0.25) is 5.91 Å². The smallest absolute Gasteiger partial charge is 0.240 e. The van der Waals surface area contributed by atoms with Gasteiger partial charge in [-0.3, -0.25) is 9.69 Å². The molecule has 22 heavy (non-hydrogen) atoms. The second-order valence-corrected chi connectivity index (χ2v) is 6.23. The molecule has 0 unspecified atom stereocenters. The van der Waals surface area contributed by atoms with Crippen LogP contribution < -0.4 is 4.90 Å². The number of nitrogens with zero attached hydrogens (tertiary/aromatic N) is 2. The van der Waals surface area contributed by atoms with Gasteiger partial charge >= 0.3 is 0 Å². The van der Waals surface area contributed by atoms with Crippen molar-refractivity contribution in [3.8, 4) is 0 Å². The second-order valence-electron chi connectivity index (χ2n) is 6.23. The number of benzene rings is 1. The third kappa shape index (κ3) is 4.29. The number of hydrogen-bond donors (Lipinski definition) is 1. The van der Waals surface area contributed by atoms with Gasteiger partial charge in [-0.1, -0.05) is 18.2 Å². The summed E-state index contributed by atoms with van der Waals surface area (Å²) in [7, 11) is 3.73. The molecule has 5 heteroatoms. The summed E-state index contributed by atoms with van der Waals surface area (Å²) in [6.07, 6.45) is 1.69. The first-order chi connectivity index (χ1) is 10.6. The Labute approximate surface area is 132 Å². The maximum atomic E-state index is 12.4. The van der Waals surface area contributed by atoms with Gasteiger partial charge in [-0.2, -0.15) is 0 Å². The number of hydrogen-bond acceptors (Lipinski definition) is 4. The van der Waals surface area contributed by atoms with Crippen LogP contribution in [0.1, 0.15) is 12.8 Å². The Morgan fingerprint density at radius 2 is 1.86 bits per heavy atom. The lowest BCUT2D eigenvalue weighted by molar-refractivity contribution is -0.120. The van der Waals surface area contributed by atoms with Crippen molar-refractivity contribution in [2.45, 2.75) is 12.8 Å². The molecular weight excluding hydrogens is 280 g/mol. The lowest BCUT2D eigenvalue weighted by atomic mass is 9.80. The van der Waals surface area contributed by atoms with Crippen LogP contribution in [0.2, 0.25) is 0 Å².